The number of hydrogen-bond donors (Lipinski definition) is 1. The standard InChI is InChI=1S/C17H14N4O2S/c1-9-14(19-10(2)23-9)13-8-11-4-3-5-12(15(11)20-13)16(22)21-17-18-6-7-24-17/h3-7H,8H2,1-2H3,(H,18,21,22). The number of rotatable bonds is 3. The van der Waals surface area contributed by atoms with E-state index in [1.807, 2.05) is 31.4 Å². The summed E-state index contributed by atoms with van der Waals surface area (Å²) < 4.78 is 5.50. The quantitative estimate of drug-likeness (QED) is 0.790. The molecule has 1 amide bonds. The number of nitrogens with one attached hydrogen (secondary N) is 1. The van der Waals surface area contributed by atoms with Crippen molar-refractivity contribution in [2.75, 3.05) is 5.32 Å². The number of oxazole rings is 1. The first kappa shape index (κ1) is 14.8. The van der Waals surface area contributed by atoms with E-state index < -0.39 is 0 Å². The monoisotopic (exact) mass is 338 g/mol. The minimum Gasteiger partial charge on any atom is -0.446 e. The maximum absolute atomic E-state index is 12.5. The minimum absolute atomic E-state index is 0.208. The van der Waals surface area contributed by atoms with Gasteiger partial charge in [-0.05, 0) is 18.6 Å². The van der Waals surface area contributed by atoms with E-state index in [4.69, 9.17) is 4.42 Å². The zero-order valence-corrected chi connectivity index (χ0v) is 14.0. The zero-order chi connectivity index (χ0) is 16.7. The summed E-state index contributed by atoms with van der Waals surface area (Å²) in [6.45, 7) is 3.68. The Morgan fingerprint density at radius 2 is 2.21 bits per heavy atom. The summed E-state index contributed by atoms with van der Waals surface area (Å²) in [4.78, 5) is 25.7. The molecule has 2 aromatic heterocycles. The smallest absolute Gasteiger partial charge is 0.259 e. The number of nitrogens with zero attached hydrogens (tertiary/aromatic N) is 3. The number of carbonyl (C=O) groups is 1. The maximum atomic E-state index is 12.5. The largest absolute Gasteiger partial charge is 0.446 e. The highest BCUT2D eigenvalue weighted by Gasteiger charge is 2.25. The molecule has 1 aliphatic heterocycles. The van der Waals surface area contributed by atoms with Crippen LogP contribution in [0.25, 0.3) is 0 Å². The number of aromatic nitrogens is 2. The predicted molar refractivity (Wildman–Crippen MR) is 92.4 cm³/mol. The van der Waals surface area contributed by atoms with E-state index in [1.165, 1.54) is 11.3 Å². The van der Waals surface area contributed by atoms with E-state index in [-0.39, 0.29) is 5.91 Å². The van der Waals surface area contributed by atoms with Gasteiger partial charge in [0.2, 0.25) is 0 Å². The lowest BCUT2D eigenvalue weighted by Crippen LogP contribution is -2.11. The van der Waals surface area contributed by atoms with Gasteiger partial charge in [0.05, 0.1) is 17.0 Å². The third-order valence-corrected chi connectivity index (χ3v) is 4.49. The van der Waals surface area contributed by atoms with E-state index in [1.54, 1.807) is 12.3 Å². The van der Waals surface area contributed by atoms with Crippen LogP contribution in [0.15, 0.2) is 39.2 Å². The number of anilines is 1. The van der Waals surface area contributed by atoms with Gasteiger partial charge in [0.25, 0.3) is 5.91 Å². The fraction of sp³-hybridized carbons (Fsp3) is 0.176. The number of fused-ring (bicyclic) bond motifs is 1. The fourth-order valence-corrected chi connectivity index (χ4v) is 3.31. The van der Waals surface area contributed by atoms with Crippen LogP contribution in [0.4, 0.5) is 10.8 Å². The van der Waals surface area contributed by atoms with Crippen LogP contribution in [0.1, 0.15) is 33.3 Å². The second-order valence-electron chi connectivity index (χ2n) is 5.48. The van der Waals surface area contributed by atoms with Crippen LogP contribution in [0.5, 0.6) is 0 Å². The molecule has 6 nitrogen and oxygen atoms in total. The number of hydrogen-bond acceptors (Lipinski definition) is 6. The first-order chi connectivity index (χ1) is 11.6. The number of para-hydroxylation sites is 1. The van der Waals surface area contributed by atoms with Crippen molar-refractivity contribution < 1.29 is 9.21 Å². The molecule has 1 aliphatic rings. The summed E-state index contributed by atoms with van der Waals surface area (Å²) >= 11 is 1.38. The average molecular weight is 338 g/mol. The van der Waals surface area contributed by atoms with Crippen molar-refractivity contribution in [3.63, 3.8) is 0 Å². The summed E-state index contributed by atoms with van der Waals surface area (Å²) in [5.41, 5.74) is 3.83. The van der Waals surface area contributed by atoms with E-state index in [0.717, 1.165) is 22.7 Å². The van der Waals surface area contributed by atoms with Gasteiger partial charge in [-0.3, -0.25) is 10.1 Å². The van der Waals surface area contributed by atoms with Gasteiger partial charge in [-0.2, -0.15) is 0 Å². The van der Waals surface area contributed by atoms with Crippen molar-refractivity contribution in [1.82, 2.24) is 9.97 Å². The molecule has 0 atom stereocenters. The molecule has 0 unspecified atom stereocenters. The first-order valence-electron chi connectivity index (χ1n) is 7.46. The predicted octanol–water partition coefficient (Wildman–Crippen LogP) is 3.68. The Labute approximate surface area is 142 Å². The Balaban J connectivity index is 1.70. The molecule has 1 aromatic carbocycles. The number of aliphatic imine (C=N–C) groups is 1. The molecule has 120 valence electrons. The Morgan fingerprint density at radius 3 is 2.92 bits per heavy atom. The first-order valence-corrected chi connectivity index (χ1v) is 8.34. The second kappa shape index (κ2) is 5.68. The third kappa shape index (κ3) is 2.52. The molecular weight excluding hydrogens is 324 g/mol. The van der Waals surface area contributed by atoms with Crippen LogP contribution in [-0.2, 0) is 6.42 Å². The van der Waals surface area contributed by atoms with Crippen molar-refractivity contribution in [2.24, 2.45) is 4.99 Å². The van der Waals surface area contributed by atoms with E-state index >= 15 is 0 Å². The molecule has 0 bridgehead atoms. The molecule has 7 heteroatoms. The number of benzene rings is 1. The third-order valence-electron chi connectivity index (χ3n) is 3.80. The van der Waals surface area contributed by atoms with Crippen molar-refractivity contribution in [3.05, 3.63) is 58.2 Å². The second-order valence-corrected chi connectivity index (χ2v) is 6.37. The van der Waals surface area contributed by atoms with Crippen molar-refractivity contribution in [1.29, 1.82) is 0 Å². The SMILES string of the molecule is Cc1nc(C2=Nc3c(cccc3C(=O)Nc3nccs3)C2)c(C)o1. The Hall–Kier alpha value is -2.80. The lowest BCUT2D eigenvalue weighted by Gasteiger charge is -2.05. The lowest BCUT2D eigenvalue weighted by atomic mass is 10.0. The summed E-state index contributed by atoms with van der Waals surface area (Å²) in [7, 11) is 0. The van der Waals surface area contributed by atoms with Crippen molar-refractivity contribution >= 4 is 33.8 Å². The molecule has 4 rings (SSSR count). The van der Waals surface area contributed by atoms with Gasteiger partial charge >= 0.3 is 0 Å². The molecule has 3 aromatic rings. The average Bonchev–Trinajstić information content (AvgIpc) is 3.26. The molecule has 1 N–H and O–H groups in total. The lowest BCUT2D eigenvalue weighted by molar-refractivity contribution is 0.102. The van der Waals surface area contributed by atoms with Gasteiger partial charge in [-0.15, -0.1) is 11.3 Å². The van der Waals surface area contributed by atoms with Crippen LogP contribution in [0, 0.1) is 13.8 Å². The van der Waals surface area contributed by atoms with Gasteiger partial charge < -0.3 is 4.42 Å². The Morgan fingerprint density at radius 1 is 1.33 bits per heavy atom. The van der Waals surface area contributed by atoms with Gasteiger partial charge in [-0.1, -0.05) is 12.1 Å². The molecule has 0 aliphatic carbocycles. The highest BCUT2D eigenvalue weighted by molar-refractivity contribution is 7.13. The van der Waals surface area contributed by atoms with E-state index in [9.17, 15) is 4.79 Å². The van der Waals surface area contributed by atoms with E-state index in [2.05, 4.69) is 20.3 Å². The molecular formula is C17H14N4O2S. The minimum atomic E-state index is -0.208. The summed E-state index contributed by atoms with van der Waals surface area (Å²) in [5, 5.41) is 5.19. The molecule has 0 spiro atoms. The van der Waals surface area contributed by atoms with Crippen molar-refractivity contribution in [3.8, 4) is 0 Å². The molecule has 0 saturated heterocycles. The molecule has 3 heterocycles. The summed E-state index contributed by atoms with van der Waals surface area (Å²) in [6.07, 6.45) is 2.29. The van der Waals surface area contributed by atoms with E-state index in [0.29, 0.717) is 28.7 Å². The Kier molecular flexibility index (Phi) is 3.50. The number of carbonyl (C=O) groups excluding carboxylic acids is 1. The molecule has 24 heavy (non-hydrogen) atoms. The van der Waals surface area contributed by atoms with Crippen LogP contribution in [0.2, 0.25) is 0 Å². The molecule has 0 saturated carbocycles. The zero-order valence-electron chi connectivity index (χ0n) is 13.2. The number of aryl methyl sites for hydroxylation is 2. The maximum Gasteiger partial charge on any atom is 0.259 e. The molecule has 0 fully saturated rings. The fourth-order valence-electron chi connectivity index (χ4n) is 2.79. The van der Waals surface area contributed by atoms with Crippen LogP contribution in [0.3, 0.4) is 0 Å². The van der Waals surface area contributed by atoms with Crippen molar-refractivity contribution in [2.45, 2.75) is 20.3 Å². The van der Waals surface area contributed by atoms with Gasteiger partial charge in [0.15, 0.2) is 11.0 Å². The highest BCUT2D eigenvalue weighted by Crippen LogP contribution is 2.33. The van der Waals surface area contributed by atoms with Gasteiger partial charge in [-0.25, -0.2) is 15.0 Å². The molecule has 0 radical (unpaired) electrons. The normalized spacial score (nSPS) is 12.8. The Bertz CT molecular complexity index is 957. The van der Waals surface area contributed by atoms with Gasteiger partial charge in [0.1, 0.15) is 11.5 Å². The topological polar surface area (TPSA) is 80.4 Å². The summed E-state index contributed by atoms with van der Waals surface area (Å²) in [5.74, 6) is 1.15. The summed E-state index contributed by atoms with van der Waals surface area (Å²) in [6, 6.07) is 5.62. The van der Waals surface area contributed by atoms with Crippen LogP contribution >= 0.6 is 11.3 Å². The number of thiazole rings is 1. The number of amides is 1. The highest BCUT2D eigenvalue weighted by atomic mass is 32.1. The van der Waals surface area contributed by atoms with Gasteiger partial charge in [0, 0.05) is 24.9 Å². The van der Waals surface area contributed by atoms with Crippen LogP contribution < -0.4 is 5.32 Å². The van der Waals surface area contributed by atoms with Crippen LogP contribution in [-0.4, -0.2) is 21.6 Å².